The molecule has 2 heterocycles. The van der Waals surface area contributed by atoms with Gasteiger partial charge in [0.2, 0.25) is 5.91 Å². The highest BCUT2D eigenvalue weighted by Gasteiger charge is 2.41. The second-order valence-electron chi connectivity index (χ2n) is 8.05. The summed E-state index contributed by atoms with van der Waals surface area (Å²) in [5.41, 5.74) is 0.780. The molecule has 158 valence electrons. The van der Waals surface area contributed by atoms with Gasteiger partial charge in [-0.3, -0.25) is 14.4 Å². The van der Waals surface area contributed by atoms with Gasteiger partial charge in [-0.15, -0.1) is 0 Å². The summed E-state index contributed by atoms with van der Waals surface area (Å²) in [5.74, 6) is -1.09. The van der Waals surface area contributed by atoms with Crippen LogP contribution >= 0.6 is 0 Å². The molecule has 0 aromatic heterocycles. The predicted molar refractivity (Wildman–Crippen MR) is 112 cm³/mol. The lowest BCUT2D eigenvalue weighted by Gasteiger charge is -2.40. The van der Waals surface area contributed by atoms with Crippen LogP contribution in [0.25, 0.3) is 0 Å². The van der Waals surface area contributed by atoms with E-state index in [0.29, 0.717) is 19.6 Å². The van der Waals surface area contributed by atoms with Crippen molar-refractivity contribution in [1.29, 1.82) is 0 Å². The zero-order valence-electron chi connectivity index (χ0n) is 17.5. The summed E-state index contributed by atoms with van der Waals surface area (Å²) in [6.07, 6.45) is 7.32. The number of likely N-dealkylation sites (tertiary alicyclic amines) is 1. The lowest BCUT2D eigenvalue weighted by molar-refractivity contribution is -0.161. The number of hydrogen-bond donors (Lipinski definition) is 0. The van der Waals surface area contributed by atoms with Crippen LogP contribution in [0.15, 0.2) is 30.3 Å². The molecule has 0 radical (unpaired) electrons. The number of unbranched alkanes of at least 4 members (excludes halogenated alkanes) is 1. The van der Waals surface area contributed by atoms with Gasteiger partial charge in [-0.25, -0.2) is 0 Å². The third kappa shape index (κ3) is 5.17. The maximum absolute atomic E-state index is 13.6. The molecule has 6 heteroatoms. The van der Waals surface area contributed by atoms with E-state index in [-0.39, 0.29) is 5.91 Å². The molecule has 0 unspecified atom stereocenters. The summed E-state index contributed by atoms with van der Waals surface area (Å²) in [6.45, 7) is 5.00. The molecule has 3 amide bonds. The summed E-state index contributed by atoms with van der Waals surface area (Å²) in [6, 6.07) is 8.71. The maximum Gasteiger partial charge on any atom is 0.313 e. The molecule has 29 heavy (non-hydrogen) atoms. The highest BCUT2D eigenvalue weighted by atomic mass is 16.2. The van der Waals surface area contributed by atoms with Crippen LogP contribution in [-0.2, 0) is 14.4 Å². The average Bonchev–Trinajstić information content (AvgIpc) is 2.71. The number of carbonyl (C=O) groups excluding carboxylic acids is 3. The fourth-order valence-corrected chi connectivity index (χ4v) is 4.23. The van der Waals surface area contributed by atoms with Gasteiger partial charge < -0.3 is 14.7 Å². The van der Waals surface area contributed by atoms with Crippen molar-refractivity contribution in [2.75, 3.05) is 32.7 Å². The van der Waals surface area contributed by atoms with Gasteiger partial charge in [0.25, 0.3) is 0 Å². The van der Waals surface area contributed by atoms with Crippen molar-refractivity contribution in [2.45, 2.75) is 57.9 Å². The van der Waals surface area contributed by atoms with E-state index >= 15 is 0 Å². The largest absolute Gasteiger partial charge is 0.341 e. The Morgan fingerprint density at radius 1 is 0.897 bits per heavy atom. The molecule has 2 saturated heterocycles. The lowest BCUT2D eigenvalue weighted by atomic mass is 10.0. The van der Waals surface area contributed by atoms with Gasteiger partial charge >= 0.3 is 11.8 Å². The smallest absolute Gasteiger partial charge is 0.313 e. The van der Waals surface area contributed by atoms with Gasteiger partial charge in [0.15, 0.2) is 0 Å². The van der Waals surface area contributed by atoms with Crippen LogP contribution < -0.4 is 0 Å². The Kier molecular flexibility index (Phi) is 7.67. The van der Waals surface area contributed by atoms with E-state index < -0.39 is 17.9 Å². The Balaban J connectivity index is 1.83. The van der Waals surface area contributed by atoms with Gasteiger partial charge in [-0.2, -0.15) is 0 Å². The first-order chi connectivity index (χ1) is 14.1. The summed E-state index contributed by atoms with van der Waals surface area (Å²) in [7, 11) is 0. The first kappa shape index (κ1) is 21.3. The molecular formula is C23H33N3O3. The third-order valence-electron chi connectivity index (χ3n) is 5.95. The molecule has 3 rings (SSSR count). The Morgan fingerprint density at radius 3 is 2.21 bits per heavy atom. The SMILES string of the molecule is CCCCN1CCN([C@H](C(=O)N2CCCCCCC2)c2ccccc2)C(=O)C1=O. The van der Waals surface area contributed by atoms with E-state index in [2.05, 4.69) is 6.92 Å². The minimum atomic E-state index is -0.722. The van der Waals surface area contributed by atoms with E-state index in [1.165, 1.54) is 11.3 Å². The number of amides is 3. The molecule has 0 saturated carbocycles. The minimum absolute atomic E-state index is 0.0544. The molecule has 0 spiro atoms. The Labute approximate surface area is 173 Å². The summed E-state index contributed by atoms with van der Waals surface area (Å²) < 4.78 is 0. The third-order valence-corrected chi connectivity index (χ3v) is 5.95. The van der Waals surface area contributed by atoms with Crippen LogP contribution in [0, 0.1) is 0 Å². The second kappa shape index (κ2) is 10.4. The topological polar surface area (TPSA) is 60.9 Å². The van der Waals surface area contributed by atoms with Crippen molar-refractivity contribution in [3.63, 3.8) is 0 Å². The monoisotopic (exact) mass is 399 g/mol. The molecule has 6 nitrogen and oxygen atoms in total. The van der Waals surface area contributed by atoms with Crippen LogP contribution in [0.2, 0.25) is 0 Å². The summed E-state index contributed by atoms with van der Waals surface area (Å²) in [4.78, 5) is 44.3. The van der Waals surface area contributed by atoms with Crippen LogP contribution in [0.3, 0.4) is 0 Å². The first-order valence-corrected chi connectivity index (χ1v) is 11.1. The fraction of sp³-hybridized carbons (Fsp3) is 0.609. The molecule has 0 aliphatic carbocycles. The maximum atomic E-state index is 13.6. The minimum Gasteiger partial charge on any atom is -0.341 e. The van der Waals surface area contributed by atoms with Gasteiger partial charge in [0.05, 0.1) is 0 Å². The fourth-order valence-electron chi connectivity index (χ4n) is 4.23. The lowest BCUT2D eigenvalue weighted by Crippen LogP contribution is -2.57. The van der Waals surface area contributed by atoms with E-state index in [0.717, 1.165) is 57.2 Å². The number of benzene rings is 1. The van der Waals surface area contributed by atoms with Crippen LogP contribution in [0.4, 0.5) is 0 Å². The second-order valence-corrected chi connectivity index (χ2v) is 8.05. The van der Waals surface area contributed by atoms with Crippen LogP contribution in [-0.4, -0.2) is 65.1 Å². The average molecular weight is 400 g/mol. The molecule has 2 aliphatic heterocycles. The quantitative estimate of drug-likeness (QED) is 0.691. The molecule has 2 fully saturated rings. The van der Waals surface area contributed by atoms with E-state index in [1.807, 2.05) is 35.2 Å². The van der Waals surface area contributed by atoms with E-state index in [4.69, 9.17) is 0 Å². The Hall–Kier alpha value is -2.37. The summed E-state index contributed by atoms with van der Waals surface area (Å²) in [5, 5.41) is 0. The Bertz CT molecular complexity index is 699. The Morgan fingerprint density at radius 2 is 1.55 bits per heavy atom. The van der Waals surface area contributed by atoms with Crippen LogP contribution in [0.5, 0.6) is 0 Å². The standard InChI is InChI=1S/C23H33N3O3/c1-2-3-14-25-17-18-26(23(29)22(25)28)20(19-12-8-7-9-13-19)21(27)24-15-10-5-4-6-11-16-24/h7-9,12-13,20H,2-6,10-11,14-18H2,1H3/t20-/m0/s1. The van der Waals surface area contributed by atoms with Crippen LogP contribution in [0.1, 0.15) is 63.5 Å². The molecule has 0 N–H and O–H groups in total. The van der Waals surface area contributed by atoms with Crippen molar-refractivity contribution < 1.29 is 14.4 Å². The first-order valence-electron chi connectivity index (χ1n) is 11.1. The molecule has 0 bridgehead atoms. The molecular weight excluding hydrogens is 366 g/mol. The van der Waals surface area contributed by atoms with Gasteiger partial charge in [-0.1, -0.05) is 62.9 Å². The number of hydrogen-bond acceptors (Lipinski definition) is 3. The molecule has 1 atom stereocenters. The van der Waals surface area contributed by atoms with Crippen molar-refractivity contribution in [3.05, 3.63) is 35.9 Å². The van der Waals surface area contributed by atoms with Crippen molar-refractivity contribution in [3.8, 4) is 0 Å². The molecule has 2 aliphatic rings. The predicted octanol–water partition coefficient (Wildman–Crippen LogP) is 2.99. The van der Waals surface area contributed by atoms with E-state index in [1.54, 1.807) is 4.90 Å². The zero-order valence-corrected chi connectivity index (χ0v) is 17.5. The highest BCUT2D eigenvalue weighted by Crippen LogP contribution is 2.27. The van der Waals surface area contributed by atoms with Crippen molar-refractivity contribution in [2.24, 2.45) is 0 Å². The normalized spacial score (nSPS) is 19.7. The van der Waals surface area contributed by atoms with Gasteiger partial charge in [0.1, 0.15) is 6.04 Å². The summed E-state index contributed by atoms with van der Waals surface area (Å²) >= 11 is 0. The molecule has 1 aromatic rings. The zero-order chi connectivity index (χ0) is 20.6. The van der Waals surface area contributed by atoms with Crippen molar-refractivity contribution in [1.82, 2.24) is 14.7 Å². The molecule has 1 aromatic carbocycles. The number of rotatable bonds is 6. The van der Waals surface area contributed by atoms with Gasteiger partial charge in [0, 0.05) is 32.7 Å². The highest BCUT2D eigenvalue weighted by molar-refractivity contribution is 6.35. The van der Waals surface area contributed by atoms with Crippen molar-refractivity contribution >= 4 is 17.7 Å². The van der Waals surface area contributed by atoms with E-state index in [9.17, 15) is 14.4 Å². The number of nitrogens with zero attached hydrogens (tertiary/aromatic N) is 3. The number of piperazine rings is 1. The number of carbonyl (C=O) groups is 3. The van der Waals surface area contributed by atoms with Gasteiger partial charge in [-0.05, 0) is 24.8 Å².